The first-order valence-electron chi connectivity index (χ1n) is 5.38. The van der Waals surface area contributed by atoms with Gasteiger partial charge in [0.05, 0.1) is 5.60 Å². The molecule has 2 aliphatic heterocycles. The van der Waals surface area contributed by atoms with Crippen molar-refractivity contribution in [2.24, 2.45) is 5.73 Å². The van der Waals surface area contributed by atoms with E-state index in [1.807, 2.05) is 6.92 Å². The van der Waals surface area contributed by atoms with E-state index in [2.05, 4.69) is 5.32 Å². The Kier molecular flexibility index (Phi) is 6.00. The Labute approximate surface area is 109 Å². The predicted molar refractivity (Wildman–Crippen MR) is 68.5 cm³/mol. The second kappa shape index (κ2) is 5.85. The van der Waals surface area contributed by atoms with Crippen LogP contribution in [0.3, 0.4) is 0 Å². The monoisotopic (exact) mass is 272 g/mol. The van der Waals surface area contributed by atoms with E-state index in [0.717, 1.165) is 32.4 Å². The second-order valence-electron chi connectivity index (χ2n) is 4.82. The van der Waals surface area contributed by atoms with Gasteiger partial charge in [0.15, 0.2) is 0 Å². The molecule has 2 rings (SSSR count). The fourth-order valence-corrected chi connectivity index (χ4v) is 2.56. The highest BCUT2D eigenvalue weighted by Gasteiger charge is 2.50. The number of nitrogens with one attached hydrogen (secondary N) is 1. The molecule has 0 aromatic rings. The summed E-state index contributed by atoms with van der Waals surface area (Å²) in [6, 6.07) is 0. The summed E-state index contributed by atoms with van der Waals surface area (Å²) in [6.45, 7) is 4.41. The van der Waals surface area contributed by atoms with Crippen LogP contribution in [0, 0.1) is 0 Å². The van der Waals surface area contributed by atoms with Gasteiger partial charge in [0, 0.05) is 12.1 Å². The number of aliphatic hydroxyl groups is 1. The maximum Gasteiger partial charge on any atom is 0.101 e. The van der Waals surface area contributed by atoms with Gasteiger partial charge in [0.25, 0.3) is 0 Å². The molecule has 2 fully saturated rings. The molecule has 98 valence electrons. The molecule has 0 saturated carbocycles. The van der Waals surface area contributed by atoms with Crippen molar-refractivity contribution in [3.05, 3.63) is 0 Å². The molecule has 2 saturated heterocycles. The Morgan fingerprint density at radius 3 is 2.38 bits per heavy atom. The molecule has 0 aromatic heterocycles. The zero-order valence-corrected chi connectivity index (χ0v) is 11.2. The summed E-state index contributed by atoms with van der Waals surface area (Å²) in [6.07, 6.45) is 1.93. The third kappa shape index (κ3) is 2.81. The molecule has 1 spiro atoms. The van der Waals surface area contributed by atoms with Gasteiger partial charge in [-0.1, -0.05) is 0 Å². The molecule has 0 radical (unpaired) electrons. The van der Waals surface area contributed by atoms with Crippen LogP contribution in [-0.4, -0.2) is 42.0 Å². The van der Waals surface area contributed by atoms with E-state index in [4.69, 9.17) is 10.5 Å². The van der Waals surface area contributed by atoms with E-state index >= 15 is 0 Å². The number of piperidine rings is 1. The zero-order valence-electron chi connectivity index (χ0n) is 9.57. The van der Waals surface area contributed by atoms with Gasteiger partial charge in [0.1, 0.15) is 6.10 Å². The van der Waals surface area contributed by atoms with Crippen LogP contribution in [-0.2, 0) is 4.74 Å². The molecule has 0 unspecified atom stereocenters. The molecule has 4 N–H and O–H groups in total. The Bertz CT molecular complexity index is 215. The van der Waals surface area contributed by atoms with Crippen LogP contribution >= 0.6 is 24.8 Å². The van der Waals surface area contributed by atoms with Gasteiger partial charge >= 0.3 is 0 Å². The lowest BCUT2D eigenvalue weighted by Gasteiger charge is -2.50. The van der Waals surface area contributed by atoms with Gasteiger partial charge in [-0.3, -0.25) is 0 Å². The van der Waals surface area contributed by atoms with Crippen molar-refractivity contribution >= 4 is 24.8 Å². The van der Waals surface area contributed by atoms with Gasteiger partial charge in [-0.15, -0.1) is 24.8 Å². The number of hydrogen-bond acceptors (Lipinski definition) is 4. The fraction of sp³-hybridized carbons (Fsp3) is 1.00. The summed E-state index contributed by atoms with van der Waals surface area (Å²) in [5, 5.41) is 13.5. The second-order valence-corrected chi connectivity index (χ2v) is 4.82. The number of rotatable bonds is 0. The van der Waals surface area contributed by atoms with E-state index in [1.54, 1.807) is 0 Å². The van der Waals surface area contributed by atoms with Crippen molar-refractivity contribution < 1.29 is 9.84 Å². The van der Waals surface area contributed by atoms with E-state index in [9.17, 15) is 5.11 Å². The van der Waals surface area contributed by atoms with E-state index in [-0.39, 0.29) is 30.4 Å². The average molecular weight is 273 g/mol. The molecule has 2 atom stereocenters. The third-order valence-electron chi connectivity index (χ3n) is 3.60. The van der Waals surface area contributed by atoms with Crippen molar-refractivity contribution in [1.29, 1.82) is 0 Å². The lowest BCUT2D eigenvalue weighted by Crippen LogP contribution is -2.67. The average Bonchev–Trinajstić information content (AvgIpc) is 2.16. The lowest BCUT2D eigenvalue weighted by molar-refractivity contribution is -0.193. The minimum absolute atomic E-state index is 0. The van der Waals surface area contributed by atoms with E-state index in [0.29, 0.717) is 6.61 Å². The first-order valence-corrected chi connectivity index (χ1v) is 5.38. The summed E-state index contributed by atoms with van der Waals surface area (Å²) < 4.78 is 5.78. The maximum absolute atomic E-state index is 10.2. The zero-order chi connectivity index (χ0) is 10.2. The standard InChI is InChI=1S/C10H20N2O2.2ClH/c1-9(11)4-7-14-10(8(9)13)2-5-12-6-3-10;;/h8,12-13H,2-7,11H2,1H3;2*1H/t8-,9+;;/m0../s1. The van der Waals surface area contributed by atoms with Crippen molar-refractivity contribution in [3.8, 4) is 0 Å². The van der Waals surface area contributed by atoms with Gasteiger partial charge < -0.3 is 20.9 Å². The summed E-state index contributed by atoms with van der Waals surface area (Å²) in [5.74, 6) is 0. The summed E-state index contributed by atoms with van der Waals surface area (Å²) in [4.78, 5) is 0. The predicted octanol–water partition coefficient (Wildman–Crippen LogP) is 0.451. The van der Waals surface area contributed by atoms with Crippen molar-refractivity contribution in [2.75, 3.05) is 19.7 Å². The number of halogens is 2. The molecule has 0 bridgehead atoms. The molecule has 0 aliphatic carbocycles. The highest BCUT2D eigenvalue weighted by Crippen LogP contribution is 2.37. The normalized spacial score (nSPS) is 37.3. The van der Waals surface area contributed by atoms with Crippen LogP contribution in [0.2, 0.25) is 0 Å². The van der Waals surface area contributed by atoms with Gasteiger partial charge in [-0.2, -0.15) is 0 Å². The minimum Gasteiger partial charge on any atom is -0.388 e. The van der Waals surface area contributed by atoms with E-state index < -0.39 is 11.6 Å². The van der Waals surface area contributed by atoms with Crippen LogP contribution in [0.5, 0.6) is 0 Å². The van der Waals surface area contributed by atoms with Gasteiger partial charge in [-0.05, 0) is 39.3 Å². The quantitative estimate of drug-likeness (QED) is 0.599. The van der Waals surface area contributed by atoms with E-state index in [1.165, 1.54) is 0 Å². The SMILES string of the molecule is C[C@@]1(N)CCOC2(CCNCC2)[C@H]1O.Cl.Cl. The number of aliphatic hydroxyl groups excluding tert-OH is 1. The highest BCUT2D eigenvalue weighted by molar-refractivity contribution is 5.85. The third-order valence-corrected chi connectivity index (χ3v) is 3.60. The molecule has 2 aliphatic rings. The first-order chi connectivity index (χ1) is 6.57. The van der Waals surface area contributed by atoms with Crippen LogP contribution < -0.4 is 11.1 Å². The van der Waals surface area contributed by atoms with Crippen molar-refractivity contribution in [1.82, 2.24) is 5.32 Å². The largest absolute Gasteiger partial charge is 0.388 e. The molecule has 4 nitrogen and oxygen atoms in total. The molecule has 2 heterocycles. The summed E-state index contributed by atoms with van der Waals surface area (Å²) >= 11 is 0. The van der Waals surface area contributed by atoms with Gasteiger partial charge in [0.2, 0.25) is 0 Å². The van der Waals surface area contributed by atoms with Crippen LogP contribution in [0.25, 0.3) is 0 Å². The molecule has 0 aromatic carbocycles. The lowest BCUT2D eigenvalue weighted by atomic mass is 9.74. The summed E-state index contributed by atoms with van der Waals surface area (Å²) in [5.41, 5.74) is 5.20. The van der Waals surface area contributed by atoms with Crippen molar-refractivity contribution in [2.45, 2.75) is 43.4 Å². The molecule has 6 heteroatoms. The summed E-state index contributed by atoms with van der Waals surface area (Å²) in [7, 11) is 0. The smallest absolute Gasteiger partial charge is 0.101 e. The first kappa shape index (κ1) is 16.4. The maximum atomic E-state index is 10.2. The van der Waals surface area contributed by atoms with Crippen molar-refractivity contribution in [3.63, 3.8) is 0 Å². The number of ether oxygens (including phenoxy) is 1. The van der Waals surface area contributed by atoms with Crippen LogP contribution in [0.15, 0.2) is 0 Å². The Hall–Kier alpha value is 0.420. The van der Waals surface area contributed by atoms with Crippen LogP contribution in [0.1, 0.15) is 26.2 Å². The topological polar surface area (TPSA) is 67.5 Å². The minimum atomic E-state index is -0.536. The Morgan fingerprint density at radius 2 is 1.81 bits per heavy atom. The number of nitrogens with two attached hydrogens (primary N) is 1. The van der Waals surface area contributed by atoms with Crippen LogP contribution in [0.4, 0.5) is 0 Å². The highest BCUT2D eigenvalue weighted by atomic mass is 35.5. The fourth-order valence-electron chi connectivity index (χ4n) is 2.56. The Balaban J connectivity index is 0.00000112. The van der Waals surface area contributed by atoms with Gasteiger partial charge in [-0.25, -0.2) is 0 Å². The molecule has 16 heavy (non-hydrogen) atoms. The molecular formula is C10H22Cl2N2O2. The number of hydrogen-bond donors (Lipinski definition) is 3. The molecular weight excluding hydrogens is 251 g/mol. The Morgan fingerprint density at radius 1 is 1.25 bits per heavy atom. The molecule has 0 amide bonds.